The lowest BCUT2D eigenvalue weighted by Gasteiger charge is -2.03. The van der Waals surface area contributed by atoms with E-state index in [2.05, 4.69) is 4.98 Å². The average molecular weight is 234 g/mol. The minimum Gasteiger partial charge on any atom is -0.396 e. The molecule has 1 aromatic carbocycles. The van der Waals surface area contributed by atoms with Gasteiger partial charge in [0.25, 0.3) is 0 Å². The van der Waals surface area contributed by atoms with Gasteiger partial charge in [-0.1, -0.05) is 11.8 Å². The SMILES string of the molecule is Cc1ccnc(Sc2ccc(N)c(F)c2)c1. The van der Waals surface area contributed by atoms with E-state index in [0.29, 0.717) is 0 Å². The van der Waals surface area contributed by atoms with Crippen LogP contribution in [-0.4, -0.2) is 4.98 Å². The van der Waals surface area contributed by atoms with E-state index in [-0.39, 0.29) is 5.69 Å². The molecule has 0 aliphatic rings. The van der Waals surface area contributed by atoms with Gasteiger partial charge in [-0.25, -0.2) is 9.37 Å². The fourth-order valence-electron chi connectivity index (χ4n) is 1.26. The maximum absolute atomic E-state index is 13.2. The zero-order valence-electron chi connectivity index (χ0n) is 8.77. The fourth-order valence-corrected chi connectivity index (χ4v) is 2.15. The van der Waals surface area contributed by atoms with Crippen LogP contribution in [0.1, 0.15) is 5.56 Å². The third-order valence-electron chi connectivity index (χ3n) is 2.08. The van der Waals surface area contributed by atoms with Gasteiger partial charge in [0, 0.05) is 11.1 Å². The number of aromatic nitrogens is 1. The molecular formula is C12H11FN2S. The van der Waals surface area contributed by atoms with Crippen molar-refractivity contribution in [2.24, 2.45) is 0 Å². The summed E-state index contributed by atoms with van der Waals surface area (Å²) in [5.41, 5.74) is 6.71. The molecule has 2 nitrogen and oxygen atoms in total. The molecule has 0 radical (unpaired) electrons. The second-order valence-electron chi connectivity index (χ2n) is 3.46. The maximum atomic E-state index is 13.2. The molecule has 1 aromatic heterocycles. The molecular weight excluding hydrogens is 223 g/mol. The number of anilines is 1. The van der Waals surface area contributed by atoms with Crippen molar-refractivity contribution in [3.05, 3.63) is 47.9 Å². The van der Waals surface area contributed by atoms with Crippen LogP contribution in [0, 0.1) is 12.7 Å². The van der Waals surface area contributed by atoms with Crippen LogP contribution in [0.3, 0.4) is 0 Å². The molecule has 0 saturated carbocycles. The van der Waals surface area contributed by atoms with Gasteiger partial charge in [-0.3, -0.25) is 0 Å². The van der Waals surface area contributed by atoms with Gasteiger partial charge < -0.3 is 5.73 Å². The normalized spacial score (nSPS) is 10.4. The second kappa shape index (κ2) is 4.53. The summed E-state index contributed by atoms with van der Waals surface area (Å²) < 4.78 is 13.2. The van der Waals surface area contributed by atoms with Crippen molar-refractivity contribution < 1.29 is 4.39 Å². The predicted octanol–water partition coefficient (Wildman–Crippen LogP) is 3.26. The molecule has 0 aliphatic carbocycles. The average Bonchev–Trinajstić information content (AvgIpc) is 2.24. The van der Waals surface area contributed by atoms with E-state index in [0.717, 1.165) is 15.5 Å². The summed E-state index contributed by atoms with van der Waals surface area (Å²) >= 11 is 1.42. The number of halogens is 1. The van der Waals surface area contributed by atoms with E-state index < -0.39 is 5.82 Å². The molecule has 2 rings (SSSR count). The predicted molar refractivity (Wildman–Crippen MR) is 63.9 cm³/mol. The molecule has 0 bridgehead atoms. The van der Waals surface area contributed by atoms with Gasteiger partial charge >= 0.3 is 0 Å². The summed E-state index contributed by atoms with van der Waals surface area (Å²) in [6.07, 6.45) is 1.74. The van der Waals surface area contributed by atoms with Crippen molar-refractivity contribution in [2.45, 2.75) is 16.8 Å². The van der Waals surface area contributed by atoms with E-state index in [1.165, 1.54) is 17.8 Å². The number of hydrogen-bond donors (Lipinski definition) is 1. The second-order valence-corrected chi connectivity index (χ2v) is 4.55. The van der Waals surface area contributed by atoms with Crippen molar-refractivity contribution in [3.8, 4) is 0 Å². The summed E-state index contributed by atoms with van der Waals surface area (Å²) in [4.78, 5) is 4.99. The Morgan fingerprint density at radius 1 is 1.25 bits per heavy atom. The third kappa shape index (κ3) is 2.52. The number of benzene rings is 1. The Labute approximate surface area is 97.7 Å². The molecule has 0 aliphatic heterocycles. The molecule has 2 aromatic rings. The number of rotatable bonds is 2. The van der Waals surface area contributed by atoms with Crippen molar-refractivity contribution in [3.63, 3.8) is 0 Å². The Balaban J connectivity index is 2.24. The minimum absolute atomic E-state index is 0.168. The molecule has 2 N–H and O–H groups in total. The summed E-state index contributed by atoms with van der Waals surface area (Å²) in [5.74, 6) is -0.391. The minimum atomic E-state index is -0.391. The van der Waals surface area contributed by atoms with Gasteiger partial charge in [-0.2, -0.15) is 0 Å². The Morgan fingerprint density at radius 2 is 2.06 bits per heavy atom. The zero-order valence-corrected chi connectivity index (χ0v) is 9.59. The monoisotopic (exact) mass is 234 g/mol. The van der Waals surface area contributed by atoms with E-state index in [9.17, 15) is 4.39 Å². The molecule has 82 valence electrons. The molecule has 16 heavy (non-hydrogen) atoms. The van der Waals surface area contributed by atoms with Crippen LogP contribution < -0.4 is 5.73 Å². The smallest absolute Gasteiger partial charge is 0.147 e. The van der Waals surface area contributed by atoms with Gasteiger partial charge in [0.2, 0.25) is 0 Å². The molecule has 4 heteroatoms. The quantitative estimate of drug-likeness (QED) is 0.810. The number of hydrogen-bond acceptors (Lipinski definition) is 3. The van der Waals surface area contributed by atoms with Crippen LogP contribution in [0.4, 0.5) is 10.1 Å². The van der Waals surface area contributed by atoms with Crippen LogP contribution in [0.25, 0.3) is 0 Å². The summed E-state index contributed by atoms with van der Waals surface area (Å²) in [5, 5.41) is 0.851. The molecule has 0 saturated heterocycles. The Kier molecular flexibility index (Phi) is 3.10. The van der Waals surface area contributed by atoms with E-state index in [4.69, 9.17) is 5.73 Å². The zero-order chi connectivity index (χ0) is 11.5. The van der Waals surface area contributed by atoms with Crippen LogP contribution >= 0.6 is 11.8 Å². The lowest BCUT2D eigenvalue weighted by atomic mass is 10.3. The van der Waals surface area contributed by atoms with Crippen molar-refractivity contribution in [2.75, 3.05) is 5.73 Å². The Morgan fingerprint density at radius 3 is 2.75 bits per heavy atom. The van der Waals surface area contributed by atoms with Crippen LogP contribution in [0.5, 0.6) is 0 Å². The van der Waals surface area contributed by atoms with Crippen LogP contribution in [0.15, 0.2) is 46.5 Å². The van der Waals surface area contributed by atoms with E-state index in [1.807, 2.05) is 19.1 Å². The molecule has 0 unspecified atom stereocenters. The first kappa shape index (κ1) is 11.0. The van der Waals surface area contributed by atoms with Crippen molar-refractivity contribution in [1.29, 1.82) is 0 Å². The van der Waals surface area contributed by atoms with E-state index in [1.54, 1.807) is 18.3 Å². The number of aryl methyl sites for hydroxylation is 1. The third-order valence-corrected chi connectivity index (χ3v) is 3.01. The molecule has 0 spiro atoms. The van der Waals surface area contributed by atoms with Crippen molar-refractivity contribution in [1.82, 2.24) is 4.98 Å². The van der Waals surface area contributed by atoms with Gasteiger partial charge in [0.1, 0.15) is 10.8 Å². The van der Waals surface area contributed by atoms with Gasteiger partial charge in [-0.05, 0) is 42.8 Å². The fraction of sp³-hybridized carbons (Fsp3) is 0.0833. The van der Waals surface area contributed by atoms with E-state index >= 15 is 0 Å². The lowest BCUT2D eigenvalue weighted by Crippen LogP contribution is -1.90. The first-order chi connectivity index (χ1) is 7.65. The summed E-state index contributed by atoms with van der Waals surface area (Å²) in [7, 11) is 0. The lowest BCUT2D eigenvalue weighted by molar-refractivity contribution is 0.629. The highest BCUT2D eigenvalue weighted by molar-refractivity contribution is 7.99. The summed E-state index contributed by atoms with van der Waals surface area (Å²) in [6.45, 7) is 2.00. The molecule has 0 atom stereocenters. The number of pyridine rings is 1. The standard InChI is InChI=1S/C12H11FN2S/c1-8-4-5-15-12(6-8)16-9-2-3-11(14)10(13)7-9/h2-7H,14H2,1H3. The van der Waals surface area contributed by atoms with Crippen LogP contribution in [-0.2, 0) is 0 Å². The Hall–Kier alpha value is -1.55. The molecule has 1 heterocycles. The maximum Gasteiger partial charge on any atom is 0.147 e. The van der Waals surface area contributed by atoms with Crippen molar-refractivity contribution >= 4 is 17.4 Å². The van der Waals surface area contributed by atoms with Crippen LogP contribution in [0.2, 0.25) is 0 Å². The number of nitrogens with two attached hydrogens (primary N) is 1. The largest absolute Gasteiger partial charge is 0.396 e. The highest BCUT2D eigenvalue weighted by Crippen LogP contribution is 2.28. The molecule has 0 fully saturated rings. The van der Waals surface area contributed by atoms with Gasteiger partial charge in [0.15, 0.2) is 0 Å². The summed E-state index contributed by atoms with van der Waals surface area (Å²) in [6, 6.07) is 8.65. The highest BCUT2D eigenvalue weighted by Gasteiger charge is 2.03. The van der Waals surface area contributed by atoms with Gasteiger partial charge in [0.05, 0.1) is 5.69 Å². The number of nitrogen functional groups attached to an aromatic ring is 1. The Bertz CT molecular complexity index is 514. The number of nitrogens with zero attached hydrogens (tertiary/aromatic N) is 1. The first-order valence-electron chi connectivity index (χ1n) is 4.81. The first-order valence-corrected chi connectivity index (χ1v) is 5.62. The topological polar surface area (TPSA) is 38.9 Å². The highest BCUT2D eigenvalue weighted by atomic mass is 32.2. The molecule has 0 amide bonds. The van der Waals surface area contributed by atoms with Gasteiger partial charge in [-0.15, -0.1) is 0 Å².